The van der Waals surface area contributed by atoms with Crippen LogP contribution >= 0.6 is 0 Å². The Labute approximate surface area is 115 Å². The predicted octanol–water partition coefficient (Wildman–Crippen LogP) is 1.09. The van der Waals surface area contributed by atoms with Crippen LogP contribution in [0.4, 0.5) is 8.78 Å². The van der Waals surface area contributed by atoms with Gasteiger partial charge in [0.1, 0.15) is 0 Å². The number of nitrogens with zero attached hydrogens (tertiary/aromatic N) is 1. The molecule has 1 atom stereocenters. The van der Waals surface area contributed by atoms with E-state index < -0.39 is 38.0 Å². The number of carbonyl (C=O) groups is 1. The zero-order chi connectivity index (χ0) is 15.1. The fourth-order valence-electron chi connectivity index (χ4n) is 2.22. The van der Waals surface area contributed by atoms with Crippen LogP contribution in [0.15, 0.2) is 17.0 Å². The Morgan fingerprint density at radius 2 is 1.95 bits per heavy atom. The fourth-order valence-corrected chi connectivity index (χ4v) is 2.94. The highest BCUT2D eigenvalue weighted by Crippen LogP contribution is 2.23. The van der Waals surface area contributed by atoms with Crippen molar-refractivity contribution in [1.82, 2.24) is 4.90 Å². The first-order chi connectivity index (χ1) is 9.20. The van der Waals surface area contributed by atoms with Gasteiger partial charge in [0, 0.05) is 13.1 Å². The normalized spacial score (nSPS) is 19.4. The summed E-state index contributed by atoms with van der Waals surface area (Å²) in [6, 6.07) is 1.03. The maximum atomic E-state index is 13.3. The summed E-state index contributed by atoms with van der Waals surface area (Å²) >= 11 is 0. The highest BCUT2D eigenvalue weighted by Gasteiger charge is 2.29. The molecule has 0 saturated carbocycles. The Hall–Kier alpha value is -1.54. The van der Waals surface area contributed by atoms with Crippen LogP contribution in [0.1, 0.15) is 23.7 Å². The van der Waals surface area contributed by atoms with Crippen molar-refractivity contribution in [2.45, 2.75) is 18.2 Å². The van der Waals surface area contributed by atoms with Gasteiger partial charge in [-0.15, -0.1) is 0 Å². The van der Waals surface area contributed by atoms with Crippen LogP contribution in [0.25, 0.3) is 0 Å². The third kappa shape index (κ3) is 2.80. The van der Waals surface area contributed by atoms with Gasteiger partial charge < -0.3 is 4.90 Å². The lowest BCUT2D eigenvalue weighted by Gasteiger charge is -2.17. The summed E-state index contributed by atoms with van der Waals surface area (Å²) in [5, 5.41) is 4.95. The van der Waals surface area contributed by atoms with Crippen LogP contribution in [0, 0.1) is 17.6 Å². The smallest absolute Gasteiger partial charge is 0.255 e. The molecule has 8 heteroatoms. The summed E-state index contributed by atoms with van der Waals surface area (Å²) in [5.74, 6) is -3.02. The van der Waals surface area contributed by atoms with Crippen molar-refractivity contribution in [3.63, 3.8) is 0 Å². The van der Waals surface area contributed by atoms with Crippen molar-refractivity contribution in [2.24, 2.45) is 11.1 Å². The Bertz CT molecular complexity index is 661. The number of halogens is 2. The first-order valence-electron chi connectivity index (χ1n) is 6.01. The molecule has 1 amide bonds. The number of carbonyl (C=O) groups excluding carboxylic acids is 1. The van der Waals surface area contributed by atoms with Gasteiger partial charge in [0.15, 0.2) is 11.6 Å². The topological polar surface area (TPSA) is 80.5 Å². The van der Waals surface area contributed by atoms with Gasteiger partial charge in [-0.05, 0) is 24.5 Å². The van der Waals surface area contributed by atoms with Crippen molar-refractivity contribution < 1.29 is 22.0 Å². The predicted molar refractivity (Wildman–Crippen MR) is 67.4 cm³/mol. The minimum Gasteiger partial charge on any atom is -0.338 e. The van der Waals surface area contributed by atoms with Gasteiger partial charge in [-0.3, -0.25) is 4.79 Å². The average Bonchev–Trinajstić information content (AvgIpc) is 2.76. The minimum atomic E-state index is -4.31. The lowest BCUT2D eigenvalue weighted by atomic mass is 10.1. The molecule has 110 valence electrons. The quantitative estimate of drug-likeness (QED) is 0.888. The van der Waals surface area contributed by atoms with Gasteiger partial charge in [-0.1, -0.05) is 6.92 Å². The number of nitrogens with two attached hydrogens (primary N) is 1. The zero-order valence-corrected chi connectivity index (χ0v) is 11.6. The Morgan fingerprint density at radius 3 is 2.45 bits per heavy atom. The van der Waals surface area contributed by atoms with Crippen LogP contribution in [-0.4, -0.2) is 32.3 Å². The molecule has 2 rings (SSSR count). The van der Waals surface area contributed by atoms with E-state index in [2.05, 4.69) is 0 Å². The van der Waals surface area contributed by atoms with Gasteiger partial charge >= 0.3 is 0 Å². The van der Waals surface area contributed by atoms with Crippen LogP contribution in [0.3, 0.4) is 0 Å². The Kier molecular flexibility index (Phi) is 3.79. The van der Waals surface area contributed by atoms with Gasteiger partial charge in [0.25, 0.3) is 5.91 Å². The van der Waals surface area contributed by atoms with E-state index in [1.54, 1.807) is 0 Å². The van der Waals surface area contributed by atoms with E-state index in [1.807, 2.05) is 6.92 Å². The number of primary sulfonamides is 1. The van der Waals surface area contributed by atoms with Crippen molar-refractivity contribution in [2.75, 3.05) is 13.1 Å². The molecule has 0 aromatic heterocycles. The second-order valence-electron chi connectivity index (χ2n) is 4.95. The Morgan fingerprint density at radius 1 is 1.35 bits per heavy atom. The summed E-state index contributed by atoms with van der Waals surface area (Å²) < 4.78 is 49.3. The second-order valence-corrected chi connectivity index (χ2v) is 6.48. The molecule has 1 aromatic rings. The average molecular weight is 304 g/mol. The van der Waals surface area contributed by atoms with Crippen molar-refractivity contribution >= 4 is 15.9 Å². The summed E-state index contributed by atoms with van der Waals surface area (Å²) in [6.07, 6.45) is 0.778. The maximum Gasteiger partial charge on any atom is 0.255 e. The second kappa shape index (κ2) is 5.10. The standard InChI is InChI=1S/C12H14F2N2O3S/c1-7-2-3-16(6-7)12(17)8-4-9(13)10(14)5-11(8)20(15,18)19/h4-5,7H,2-3,6H2,1H3,(H2,15,18,19). The highest BCUT2D eigenvalue weighted by atomic mass is 32.2. The third-order valence-electron chi connectivity index (χ3n) is 3.27. The van der Waals surface area contributed by atoms with Crippen molar-refractivity contribution in [3.8, 4) is 0 Å². The molecule has 0 spiro atoms. The molecule has 2 N–H and O–H groups in total. The molecule has 1 unspecified atom stereocenters. The van der Waals surface area contributed by atoms with Gasteiger partial charge in [0.05, 0.1) is 10.5 Å². The number of sulfonamides is 1. The van der Waals surface area contributed by atoms with E-state index in [1.165, 1.54) is 4.90 Å². The molecule has 20 heavy (non-hydrogen) atoms. The number of likely N-dealkylation sites (tertiary alicyclic amines) is 1. The number of benzene rings is 1. The zero-order valence-electron chi connectivity index (χ0n) is 10.8. The maximum absolute atomic E-state index is 13.3. The van der Waals surface area contributed by atoms with E-state index in [0.717, 1.165) is 6.42 Å². The van der Waals surface area contributed by atoms with E-state index in [0.29, 0.717) is 25.2 Å². The van der Waals surface area contributed by atoms with Gasteiger partial charge in [-0.25, -0.2) is 22.3 Å². The number of amides is 1. The van der Waals surface area contributed by atoms with E-state index in [4.69, 9.17) is 5.14 Å². The lowest BCUT2D eigenvalue weighted by molar-refractivity contribution is 0.0783. The largest absolute Gasteiger partial charge is 0.338 e. The molecular formula is C12H14F2N2O3S. The molecule has 5 nitrogen and oxygen atoms in total. The van der Waals surface area contributed by atoms with E-state index in [9.17, 15) is 22.0 Å². The van der Waals surface area contributed by atoms with Crippen molar-refractivity contribution in [3.05, 3.63) is 29.3 Å². The van der Waals surface area contributed by atoms with Crippen molar-refractivity contribution in [1.29, 1.82) is 0 Å². The minimum absolute atomic E-state index is 0.280. The van der Waals surface area contributed by atoms with Crippen LogP contribution in [-0.2, 0) is 10.0 Å². The lowest BCUT2D eigenvalue weighted by Crippen LogP contribution is -2.30. The molecule has 1 heterocycles. The van der Waals surface area contributed by atoms with Gasteiger partial charge in [-0.2, -0.15) is 0 Å². The van der Waals surface area contributed by atoms with Gasteiger partial charge in [0.2, 0.25) is 10.0 Å². The highest BCUT2D eigenvalue weighted by molar-refractivity contribution is 7.89. The molecule has 1 saturated heterocycles. The van der Waals surface area contributed by atoms with Crippen LogP contribution < -0.4 is 5.14 Å². The molecule has 1 aliphatic heterocycles. The molecule has 0 radical (unpaired) electrons. The molecule has 1 aliphatic rings. The SMILES string of the molecule is CC1CCN(C(=O)c2cc(F)c(F)cc2S(N)(=O)=O)C1. The van der Waals surface area contributed by atoms with Crippen LogP contribution in [0.2, 0.25) is 0 Å². The number of rotatable bonds is 2. The molecule has 1 fully saturated rings. The molecular weight excluding hydrogens is 290 g/mol. The molecule has 1 aromatic carbocycles. The Balaban J connectivity index is 2.50. The summed E-state index contributed by atoms with van der Waals surface area (Å²) in [7, 11) is -4.31. The first-order valence-corrected chi connectivity index (χ1v) is 7.56. The molecule has 0 aliphatic carbocycles. The monoisotopic (exact) mass is 304 g/mol. The number of hydrogen-bond donors (Lipinski definition) is 1. The summed E-state index contributed by atoms with van der Waals surface area (Å²) in [6.45, 7) is 2.84. The third-order valence-corrected chi connectivity index (χ3v) is 4.22. The number of hydrogen-bond acceptors (Lipinski definition) is 3. The van der Waals surface area contributed by atoms with Crippen LogP contribution in [0.5, 0.6) is 0 Å². The molecule has 0 bridgehead atoms. The first kappa shape index (κ1) is 14.9. The fraction of sp³-hybridized carbons (Fsp3) is 0.417. The van der Waals surface area contributed by atoms with E-state index >= 15 is 0 Å². The van der Waals surface area contributed by atoms with E-state index in [-0.39, 0.29) is 5.92 Å². The summed E-state index contributed by atoms with van der Waals surface area (Å²) in [4.78, 5) is 13.0. The summed E-state index contributed by atoms with van der Waals surface area (Å²) in [5.41, 5.74) is -0.430.